The summed E-state index contributed by atoms with van der Waals surface area (Å²) in [6.45, 7) is 2.52. The van der Waals surface area contributed by atoms with Crippen molar-refractivity contribution in [2.45, 2.75) is 82.2 Å². The smallest absolute Gasteiger partial charge is 0.326 e. The minimum absolute atomic E-state index is 0.0897. The molecule has 258 valence electrons. The first-order valence-corrected chi connectivity index (χ1v) is 14.3. The van der Waals surface area contributed by atoms with Crippen molar-refractivity contribution in [2.24, 2.45) is 22.9 Å². The lowest BCUT2D eigenvalue weighted by Gasteiger charge is -2.24. The Kier molecular flexibility index (Phi) is 16.0. The van der Waals surface area contributed by atoms with Crippen LogP contribution in [0.3, 0.4) is 0 Å². The second kappa shape index (κ2) is 19.0. The van der Waals surface area contributed by atoms with E-state index in [1.54, 1.807) is 30.3 Å². The van der Waals surface area contributed by atoms with Gasteiger partial charge < -0.3 is 54.6 Å². The van der Waals surface area contributed by atoms with Gasteiger partial charge in [0.1, 0.15) is 30.2 Å². The highest BCUT2D eigenvalue weighted by molar-refractivity contribution is 5.97. The number of primary amides is 3. The number of hydrogen-bond donors (Lipinski definition) is 10. The van der Waals surface area contributed by atoms with E-state index < -0.39 is 102 Å². The minimum Gasteiger partial charge on any atom is -0.480 e. The quantitative estimate of drug-likeness (QED) is 0.0630. The first-order chi connectivity index (χ1) is 21.9. The predicted octanol–water partition coefficient (Wildman–Crippen LogP) is -4.88. The van der Waals surface area contributed by atoms with Crippen molar-refractivity contribution in [2.75, 3.05) is 0 Å². The fourth-order valence-corrected chi connectivity index (χ4v) is 3.93. The van der Waals surface area contributed by atoms with Crippen molar-refractivity contribution in [3.05, 3.63) is 35.9 Å². The van der Waals surface area contributed by atoms with E-state index in [0.29, 0.717) is 5.56 Å². The van der Waals surface area contributed by atoms with Gasteiger partial charge in [0, 0.05) is 12.8 Å². The second-order valence-corrected chi connectivity index (χ2v) is 10.6. The molecule has 0 heterocycles. The van der Waals surface area contributed by atoms with E-state index >= 15 is 0 Å². The van der Waals surface area contributed by atoms with Gasteiger partial charge in [-0.3, -0.25) is 38.4 Å². The molecule has 19 nitrogen and oxygen atoms in total. The summed E-state index contributed by atoms with van der Waals surface area (Å²) < 4.78 is 0. The molecule has 0 unspecified atom stereocenters. The van der Waals surface area contributed by atoms with E-state index in [0.717, 1.165) is 0 Å². The maximum atomic E-state index is 13.0. The molecule has 0 spiro atoms. The number of amides is 8. The number of benzene rings is 1. The average molecular weight is 664 g/mol. The third kappa shape index (κ3) is 14.8. The monoisotopic (exact) mass is 663 g/mol. The van der Waals surface area contributed by atoms with Crippen LogP contribution in [0.4, 0.5) is 0 Å². The summed E-state index contributed by atoms with van der Waals surface area (Å²) in [5.74, 6) is -8.71. The maximum absolute atomic E-state index is 13.0. The van der Waals surface area contributed by atoms with Gasteiger partial charge in [-0.25, -0.2) is 4.79 Å². The number of aliphatic carboxylic acids is 1. The van der Waals surface area contributed by atoms with Crippen molar-refractivity contribution in [1.29, 1.82) is 0 Å². The van der Waals surface area contributed by atoms with E-state index in [1.165, 1.54) is 13.8 Å². The highest BCUT2D eigenvalue weighted by atomic mass is 16.4. The number of carboxylic acid groups (broad SMARTS) is 1. The van der Waals surface area contributed by atoms with E-state index in [9.17, 15) is 48.3 Å². The molecule has 6 atom stereocenters. The van der Waals surface area contributed by atoms with Crippen LogP contribution in [0.25, 0.3) is 0 Å². The Morgan fingerprint density at radius 2 is 1.06 bits per heavy atom. The van der Waals surface area contributed by atoms with Crippen LogP contribution in [0, 0.1) is 0 Å². The van der Waals surface area contributed by atoms with E-state index in [-0.39, 0.29) is 19.3 Å². The molecule has 14 N–H and O–H groups in total. The molecule has 47 heavy (non-hydrogen) atoms. The molecule has 19 heteroatoms. The molecule has 0 aliphatic heterocycles. The fourth-order valence-electron chi connectivity index (χ4n) is 3.93. The summed E-state index contributed by atoms with van der Waals surface area (Å²) in [7, 11) is 0. The van der Waals surface area contributed by atoms with Crippen LogP contribution in [0.5, 0.6) is 0 Å². The normalized spacial score (nSPS) is 14.4. The van der Waals surface area contributed by atoms with Crippen LogP contribution >= 0.6 is 0 Å². The van der Waals surface area contributed by atoms with Gasteiger partial charge in [-0.2, -0.15) is 0 Å². The fraction of sp³-hybridized carbons (Fsp3) is 0.464. The van der Waals surface area contributed by atoms with Crippen molar-refractivity contribution >= 4 is 53.2 Å². The Balaban J connectivity index is 2.94. The van der Waals surface area contributed by atoms with Gasteiger partial charge in [0.05, 0.1) is 18.9 Å². The van der Waals surface area contributed by atoms with Crippen molar-refractivity contribution in [1.82, 2.24) is 26.6 Å². The van der Waals surface area contributed by atoms with Gasteiger partial charge in [-0.15, -0.1) is 0 Å². The molecule has 1 rings (SSSR count). The Bertz CT molecular complexity index is 1340. The first kappa shape index (κ1) is 39.4. The minimum atomic E-state index is -1.66. The van der Waals surface area contributed by atoms with Crippen LogP contribution in [-0.2, 0) is 49.6 Å². The number of carbonyl (C=O) groups is 9. The van der Waals surface area contributed by atoms with Crippen molar-refractivity contribution in [3.8, 4) is 0 Å². The average Bonchev–Trinajstić information content (AvgIpc) is 2.98. The molecular weight excluding hydrogens is 622 g/mol. The van der Waals surface area contributed by atoms with E-state index in [1.807, 2.05) is 0 Å². The maximum Gasteiger partial charge on any atom is 0.326 e. The van der Waals surface area contributed by atoms with Gasteiger partial charge in [0.15, 0.2) is 0 Å². The van der Waals surface area contributed by atoms with Gasteiger partial charge in [0.2, 0.25) is 47.3 Å². The van der Waals surface area contributed by atoms with E-state index in [4.69, 9.17) is 22.9 Å². The highest BCUT2D eigenvalue weighted by Gasteiger charge is 2.31. The van der Waals surface area contributed by atoms with Crippen LogP contribution in [0.1, 0.15) is 45.1 Å². The summed E-state index contributed by atoms with van der Waals surface area (Å²) >= 11 is 0. The van der Waals surface area contributed by atoms with Crippen LogP contribution in [-0.4, -0.2) is 94.6 Å². The molecule has 0 aliphatic rings. The number of rotatable bonds is 20. The number of nitrogens with one attached hydrogen (secondary N) is 5. The zero-order valence-electron chi connectivity index (χ0n) is 25.8. The Hall–Kier alpha value is -5.59. The second-order valence-electron chi connectivity index (χ2n) is 10.6. The third-order valence-corrected chi connectivity index (χ3v) is 6.52. The predicted molar refractivity (Wildman–Crippen MR) is 163 cm³/mol. The standard InChI is InChI=1S/C28H41N9O10/c1-13(34-26(44)18(11-21(31)39)36-25(43)16(29)8-9-20(30)38)23(41)33-14(2)24(42)35-17(10-15-6-4-3-5-7-15)27(45)37-19(28(46)47)12-22(32)40/h3-7,13-14,16-19H,8-12,29H2,1-2H3,(H2,30,38)(H2,31,39)(H2,32,40)(H,33,41)(H,34,44)(H,35,42)(H,36,43)(H,37,45)(H,46,47)/t13-,14-,16-,17-,18-,19-/m0/s1. The summed E-state index contributed by atoms with van der Waals surface area (Å²) in [6.07, 6.45) is -1.78. The molecule has 1 aromatic rings. The highest BCUT2D eigenvalue weighted by Crippen LogP contribution is 2.06. The Labute approximate surface area is 269 Å². The molecule has 1 aromatic carbocycles. The summed E-state index contributed by atoms with van der Waals surface area (Å²) in [6, 6.07) is -0.00624. The molecular formula is C28H41N9O10. The summed E-state index contributed by atoms with van der Waals surface area (Å²) in [5.41, 5.74) is 21.6. The number of hydrogen-bond acceptors (Lipinski definition) is 10. The zero-order valence-corrected chi connectivity index (χ0v) is 25.8. The van der Waals surface area contributed by atoms with Crippen molar-refractivity contribution < 1.29 is 48.3 Å². The Morgan fingerprint density at radius 1 is 0.617 bits per heavy atom. The third-order valence-electron chi connectivity index (χ3n) is 6.52. The number of carboxylic acids is 1. The lowest BCUT2D eigenvalue weighted by atomic mass is 10.0. The molecule has 0 aliphatic carbocycles. The number of carbonyl (C=O) groups excluding carboxylic acids is 8. The first-order valence-electron chi connectivity index (χ1n) is 14.3. The molecule has 0 fully saturated rings. The summed E-state index contributed by atoms with van der Waals surface area (Å²) in [4.78, 5) is 109. The molecule has 0 saturated carbocycles. The molecule has 0 aromatic heterocycles. The Morgan fingerprint density at radius 3 is 1.57 bits per heavy atom. The lowest BCUT2D eigenvalue weighted by molar-refractivity contribution is -0.143. The molecule has 0 radical (unpaired) electrons. The van der Waals surface area contributed by atoms with Gasteiger partial charge in [0.25, 0.3) is 0 Å². The van der Waals surface area contributed by atoms with Crippen LogP contribution in [0.15, 0.2) is 30.3 Å². The SMILES string of the molecule is C[C@H](NC(=O)[C@H](C)NC(=O)[C@H](CC(N)=O)NC(=O)[C@@H](N)CCC(N)=O)C(=O)N[C@@H](Cc1ccccc1)C(=O)N[C@@H](CC(N)=O)C(=O)O. The lowest BCUT2D eigenvalue weighted by Crippen LogP contribution is -2.58. The van der Waals surface area contributed by atoms with E-state index in [2.05, 4.69) is 26.6 Å². The molecule has 0 bridgehead atoms. The van der Waals surface area contributed by atoms with Gasteiger partial charge in [-0.1, -0.05) is 30.3 Å². The van der Waals surface area contributed by atoms with Gasteiger partial charge >= 0.3 is 5.97 Å². The molecule has 8 amide bonds. The van der Waals surface area contributed by atoms with Crippen LogP contribution < -0.4 is 49.5 Å². The summed E-state index contributed by atoms with van der Waals surface area (Å²) in [5, 5.41) is 20.8. The topological polar surface area (TPSA) is 338 Å². The van der Waals surface area contributed by atoms with Crippen molar-refractivity contribution in [3.63, 3.8) is 0 Å². The number of nitrogens with two attached hydrogens (primary N) is 4. The molecule has 0 saturated heterocycles. The van der Waals surface area contributed by atoms with Crippen LogP contribution in [0.2, 0.25) is 0 Å². The zero-order chi connectivity index (χ0) is 35.8. The largest absolute Gasteiger partial charge is 0.480 e. The van der Waals surface area contributed by atoms with Gasteiger partial charge in [-0.05, 0) is 25.8 Å².